The molecule has 4 rings (SSSR count). The quantitative estimate of drug-likeness (QED) is 0.421. The summed E-state index contributed by atoms with van der Waals surface area (Å²) in [4.78, 5) is 15.4. The van der Waals surface area contributed by atoms with E-state index in [0.717, 1.165) is 16.8 Å². The van der Waals surface area contributed by atoms with Crippen molar-refractivity contribution in [3.8, 4) is 28.4 Å². The monoisotopic (exact) mass is 426 g/mol. The zero-order chi connectivity index (χ0) is 22.5. The number of carbonyl (C=O) groups is 1. The third-order valence-electron chi connectivity index (χ3n) is 4.88. The van der Waals surface area contributed by atoms with Crippen molar-refractivity contribution in [2.24, 2.45) is 4.99 Å². The summed E-state index contributed by atoms with van der Waals surface area (Å²) in [5.74, 6) is 0.00222. The van der Waals surface area contributed by atoms with Crippen LogP contribution in [0, 0.1) is 0 Å². The van der Waals surface area contributed by atoms with E-state index in [1.54, 1.807) is 37.2 Å². The van der Waals surface area contributed by atoms with Crippen LogP contribution in [0.3, 0.4) is 0 Å². The summed E-state index contributed by atoms with van der Waals surface area (Å²) in [7, 11) is 3.17. The molecule has 0 saturated carbocycles. The van der Waals surface area contributed by atoms with Crippen LogP contribution >= 0.6 is 0 Å². The first-order chi connectivity index (χ1) is 15.6. The fraction of sp³-hybridized carbons (Fsp3) is 0.0800. The lowest BCUT2D eigenvalue weighted by molar-refractivity contribution is -0.255. The number of aromatic nitrogens is 2. The minimum atomic E-state index is -1.22. The summed E-state index contributed by atoms with van der Waals surface area (Å²) >= 11 is 0. The Morgan fingerprint density at radius 1 is 0.969 bits per heavy atom. The van der Waals surface area contributed by atoms with Gasteiger partial charge in [0.25, 0.3) is 0 Å². The van der Waals surface area contributed by atoms with Gasteiger partial charge in [0, 0.05) is 23.5 Å². The first kappa shape index (κ1) is 20.9. The van der Waals surface area contributed by atoms with Gasteiger partial charge in [-0.3, -0.25) is 4.99 Å². The van der Waals surface area contributed by atoms with Crippen molar-refractivity contribution in [2.45, 2.75) is 0 Å². The number of carbonyl (C=O) groups excluding carboxylic acids is 1. The van der Waals surface area contributed by atoms with Crippen LogP contribution < -0.4 is 14.6 Å². The molecule has 0 aliphatic carbocycles. The fourth-order valence-corrected chi connectivity index (χ4v) is 3.23. The van der Waals surface area contributed by atoms with E-state index in [-0.39, 0.29) is 5.56 Å². The van der Waals surface area contributed by atoms with Gasteiger partial charge >= 0.3 is 0 Å². The Morgan fingerprint density at radius 3 is 2.34 bits per heavy atom. The first-order valence-corrected chi connectivity index (χ1v) is 9.82. The van der Waals surface area contributed by atoms with Gasteiger partial charge in [0.1, 0.15) is 5.69 Å². The van der Waals surface area contributed by atoms with Crippen molar-refractivity contribution >= 4 is 17.9 Å². The van der Waals surface area contributed by atoms with Crippen molar-refractivity contribution in [1.82, 2.24) is 9.78 Å². The van der Waals surface area contributed by atoms with E-state index in [2.05, 4.69) is 4.99 Å². The van der Waals surface area contributed by atoms with Gasteiger partial charge in [0.15, 0.2) is 11.5 Å². The minimum absolute atomic E-state index is 0.104. The number of carboxylic acid groups (broad SMARTS) is 1. The molecular weight excluding hydrogens is 406 g/mol. The van der Waals surface area contributed by atoms with E-state index in [1.807, 2.05) is 54.7 Å². The van der Waals surface area contributed by atoms with Crippen molar-refractivity contribution < 1.29 is 19.4 Å². The fourth-order valence-electron chi connectivity index (χ4n) is 3.23. The number of hydrogen-bond donors (Lipinski definition) is 0. The minimum Gasteiger partial charge on any atom is -0.545 e. The SMILES string of the molecule is COc1ccc(-c2nn(-c3ccccc3)cc2C=Nc2ccc(C(=O)[O-])cc2)cc1OC. The van der Waals surface area contributed by atoms with Crippen LogP contribution in [-0.2, 0) is 0 Å². The highest BCUT2D eigenvalue weighted by Gasteiger charge is 2.14. The maximum Gasteiger partial charge on any atom is 0.161 e. The number of carboxylic acids is 1. The third kappa shape index (κ3) is 4.37. The van der Waals surface area contributed by atoms with E-state index < -0.39 is 5.97 Å². The Balaban J connectivity index is 1.76. The van der Waals surface area contributed by atoms with Crippen LogP contribution in [0.15, 0.2) is 84.0 Å². The Labute approximate surface area is 185 Å². The second-order valence-corrected chi connectivity index (χ2v) is 6.88. The maximum atomic E-state index is 10.9. The highest BCUT2D eigenvalue weighted by molar-refractivity contribution is 5.91. The average Bonchev–Trinajstić information content (AvgIpc) is 3.27. The molecule has 0 amide bonds. The predicted octanol–water partition coefficient (Wildman–Crippen LogP) is 3.67. The molecule has 0 aliphatic heterocycles. The molecule has 7 heteroatoms. The molecule has 1 heterocycles. The van der Waals surface area contributed by atoms with Crippen molar-refractivity contribution in [1.29, 1.82) is 0 Å². The molecule has 4 aromatic rings. The Kier molecular flexibility index (Phi) is 5.98. The molecule has 0 spiro atoms. The molecule has 0 radical (unpaired) electrons. The van der Waals surface area contributed by atoms with Crippen molar-refractivity contribution in [3.05, 3.63) is 90.1 Å². The molecule has 0 aliphatic rings. The maximum absolute atomic E-state index is 10.9. The van der Waals surface area contributed by atoms with Crippen LogP contribution in [0.2, 0.25) is 0 Å². The lowest BCUT2D eigenvalue weighted by Gasteiger charge is -2.09. The van der Waals surface area contributed by atoms with Crippen LogP contribution in [0.25, 0.3) is 16.9 Å². The number of ether oxygens (including phenoxy) is 2. The zero-order valence-corrected chi connectivity index (χ0v) is 17.6. The second-order valence-electron chi connectivity index (χ2n) is 6.88. The molecule has 7 nitrogen and oxygen atoms in total. The van der Waals surface area contributed by atoms with Gasteiger partial charge in [0.2, 0.25) is 0 Å². The average molecular weight is 426 g/mol. The molecule has 32 heavy (non-hydrogen) atoms. The van der Waals surface area contributed by atoms with Gasteiger partial charge in [-0.2, -0.15) is 5.10 Å². The van der Waals surface area contributed by atoms with Gasteiger partial charge in [-0.25, -0.2) is 4.68 Å². The number of benzene rings is 3. The van der Waals surface area contributed by atoms with E-state index in [0.29, 0.717) is 22.9 Å². The summed E-state index contributed by atoms with van der Waals surface area (Å²) in [5, 5.41) is 15.7. The van der Waals surface area contributed by atoms with Crippen LogP contribution in [0.5, 0.6) is 11.5 Å². The molecule has 0 saturated heterocycles. The van der Waals surface area contributed by atoms with E-state index in [4.69, 9.17) is 14.6 Å². The number of aliphatic imine (C=N–C) groups is 1. The molecule has 1 aromatic heterocycles. The molecule has 0 N–H and O–H groups in total. The summed E-state index contributed by atoms with van der Waals surface area (Å²) in [6.07, 6.45) is 3.59. The van der Waals surface area contributed by atoms with Crippen molar-refractivity contribution in [3.63, 3.8) is 0 Å². The van der Waals surface area contributed by atoms with Gasteiger partial charge in [-0.1, -0.05) is 30.3 Å². The Bertz CT molecular complexity index is 1260. The van der Waals surface area contributed by atoms with Gasteiger partial charge in [-0.05, 0) is 48.0 Å². The van der Waals surface area contributed by atoms with Crippen molar-refractivity contribution in [2.75, 3.05) is 14.2 Å². The molecular formula is C25H20N3O4-. The van der Waals surface area contributed by atoms with Crippen LogP contribution in [-0.4, -0.2) is 36.2 Å². The van der Waals surface area contributed by atoms with E-state index in [9.17, 15) is 9.90 Å². The smallest absolute Gasteiger partial charge is 0.161 e. The van der Waals surface area contributed by atoms with Gasteiger partial charge < -0.3 is 19.4 Å². The standard InChI is InChI=1S/C25H21N3O4/c1-31-22-13-10-18(14-23(22)32-2)24-19(16-28(27-24)21-6-4-3-5-7-21)15-26-20-11-8-17(9-12-20)25(29)30/h3-16H,1-2H3,(H,29,30)/p-1. The number of rotatable bonds is 7. The summed E-state index contributed by atoms with van der Waals surface area (Å²) < 4.78 is 12.6. The van der Waals surface area contributed by atoms with Gasteiger partial charge in [-0.15, -0.1) is 0 Å². The van der Waals surface area contributed by atoms with Gasteiger partial charge in [0.05, 0.1) is 31.6 Å². The molecule has 0 fully saturated rings. The summed E-state index contributed by atoms with van der Waals surface area (Å²) in [6.45, 7) is 0. The molecule has 0 atom stereocenters. The molecule has 3 aromatic carbocycles. The van der Waals surface area contributed by atoms with Crippen LogP contribution in [0.1, 0.15) is 15.9 Å². The molecule has 160 valence electrons. The Morgan fingerprint density at radius 2 is 1.69 bits per heavy atom. The number of hydrogen-bond acceptors (Lipinski definition) is 6. The largest absolute Gasteiger partial charge is 0.545 e. The topological polar surface area (TPSA) is 88.8 Å². The predicted molar refractivity (Wildman–Crippen MR) is 120 cm³/mol. The third-order valence-corrected chi connectivity index (χ3v) is 4.88. The van der Waals surface area contributed by atoms with E-state index in [1.165, 1.54) is 12.1 Å². The molecule has 0 bridgehead atoms. The molecule has 0 unspecified atom stereocenters. The lowest BCUT2D eigenvalue weighted by atomic mass is 10.1. The number of para-hydroxylation sites is 1. The zero-order valence-electron chi connectivity index (χ0n) is 17.6. The number of aromatic carboxylic acids is 1. The highest BCUT2D eigenvalue weighted by atomic mass is 16.5. The summed E-state index contributed by atoms with van der Waals surface area (Å²) in [6, 6.07) is 21.5. The van der Waals surface area contributed by atoms with Crippen LogP contribution in [0.4, 0.5) is 5.69 Å². The highest BCUT2D eigenvalue weighted by Crippen LogP contribution is 2.33. The normalized spacial score (nSPS) is 10.9. The first-order valence-electron chi connectivity index (χ1n) is 9.82. The second kappa shape index (κ2) is 9.18. The summed E-state index contributed by atoms with van der Waals surface area (Å²) in [5.41, 5.74) is 3.96. The Hall–Kier alpha value is -4.39. The lowest BCUT2D eigenvalue weighted by Crippen LogP contribution is -2.21. The number of nitrogens with zero attached hydrogens (tertiary/aromatic N) is 3. The van der Waals surface area contributed by atoms with E-state index >= 15 is 0 Å². The number of methoxy groups -OCH3 is 2.